The Hall–Kier alpha value is -1.75. The first-order valence-electron chi connectivity index (χ1n) is 7.72. The lowest BCUT2D eigenvalue weighted by molar-refractivity contribution is -0.127. The van der Waals surface area contributed by atoms with Crippen molar-refractivity contribution in [3.63, 3.8) is 0 Å². The summed E-state index contributed by atoms with van der Waals surface area (Å²) in [6, 6.07) is 5.58. The maximum atomic E-state index is 12.3. The van der Waals surface area contributed by atoms with Crippen molar-refractivity contribution in [2.75, 3.05) is 27.4 Å². The van der Waals surface area contributed by atoms with Gasteiger partial charge in [-0.3, -0.25) is 4.79 Å². The second-order valence-electron chi connectivity index (χ2n) is 5.63. The van der Waals surface area contributed by atoms with E-state index < -0.39 is 0 Å². The molecule has 1 aliphatic heterocycles. The second kappa shape index (κ2) is 8.03. The molecule has 1 heterocycles. The average molecular weight is 307 g/mol. The number of hydrogen-bond acceptors (Lipinski definition) is 4. The van der Waals surface area contributed by atoms with Crippen LogP contribution in [-0.2, 0) is 16.1 Å². The number of rotatable bonds is 6. The molecule has 1 fully saturated rings. The molecule has 1 aromatic carbocycles. The van der Waals surface area contributed by atoms with Gasteiger partial charge in [0.15, 0.2) is 0 Å². The van der Waals surface area contributed by atoms with Crippen molar-refractivity contribution in [1.82, 2.24) is 5.32 Å². The van der Waals surface area contributed by atoms with Gasteiger partial charge in [0, 0.05) is 31.2 Å². The predicted octanol–water partition coefficient (Wildman–Crippen LogP) is 2.38. The molecule has 1 aromatic rings. The van der Waals surface area contributed by atoms with Crippen LogP contribution < -0.4 is 14.8 Å². The minimum atomic E-state index is 0.000465. The fourth-order valence-corrected chi connectivity index (χ4v) is 2.79. The van der Waals surface area contributed by atoms with Gasteiger partial charge >= 0.3 is 0 Å². The monoisotopic (exact) mass is 307 g/mol. The highest BCUT2D eigenvalue weighted by molar-refractivity contribution is 5.78. The highest BCUT2D eigenvalue weighted by Crippen LogP contribution is 2.25. The first kappa shape index (κ1) is 16.6. The van der Waals surface area contributed by atoms with Crippen LogP contribution in [0.2, 0.25) is 0 Å². The number of benzene rings is 1. The molecule has 1 amide bonds. The van der Waals surface area contributed by atoms with Crippen LogP contribution in [0.4, 0.5) is 0 Å². The van der Waals surface area contributed by atoms with Crippen LogP contribution in [-0.4, -0.2) is 33.3 Å². The second-order valence-corrected chi connectivity index (χ2v) is 5.63. The van der Waals surface area contributed by atoms with Gasteiger partial charge < -0.3 is 19.5 Å². The summed E-state index contributed by atoms with van der Waals surface area (Å²) in [4.78, 5) is 12.3. The van der Waals surface area contributed by atoms with Gasteiger partial charge in [-0.05, 0) is 37.0 Å². The van der Waals surface area contributed by atoms with E-state index in [1.807, 2.05) is 25.1 Å². The summed E-state index contributed by atoms with van der Waals surface area (Å²) in [5, 5.41) is 3.01. The highest BCUT2D eigenvalue weighted by Gasteiger charge is 2.25. The summed E-state index contributed by atoms with van der Waals surface area (Å²) in [6.45, 7) is 3.94. The topological polar surface area (TPSA) is 56.8 Å². The largest absolute Gasteiger partial charge is 0.497 e. The van der Waals surface area contributed by atoms with Crippen molar-refractivity contribution in [3.8, 4) is 11.5 Å². The van der Waals surface area contributed by atoms with Crippen LogP contribution >= 0.6 is 0 Å². The number of carbonyl (C=O) groups is 1. The average Bonchev–Trinajstić information content (AvgIpc) is 2.59. The third-order valence-corrected chi connectivity index (χ3v) is 4.33. The zero-order valence-corrected chi connectivity index (χ0v) is 13.6. The van der Waals surface area contributed by atoms with Crippen LogP contribution in [0.3, 0.4) is 0 Å². The smallest absolute Gasteiger partial charge is 0.223 e. The van der Waals surface area contributed by atoms with Crippen molar-refractivity contribution in [2.24, 2.45) is 11.8 Å². The van der Waals surface area contributed by atoms with Gasteiger partial charge in [0.1, 0.15) is 11.5 Å². The molecule has 0 aliphatic carbocycles. The van der Waals surface area contributed by atoms with Crippen molar-refractivity contribution in [1.29, 1.82) is 0 Å². The maximum Gasteiger partial charge on any atom is 0.223 e. The summed E-state index contributed by atoms with van der Waals surface area (Å²) in [7, 11) is 3.25. The fourth-order valence-electron chi connectivity index (χ4n) is 2.79. The van der Waals surface area contributed by atoms with E-state index in [1.165, 1.54) is 0 Å². The summed E-state index contributed by atoms with van der Waals surface area (Å²) in [5.74, 6) is 1.99. The normalized spacial score (nSPS) is 16.9. The third kappa shape index (κ3) is 4.13. The number of hydrogen-bond donors (Lipinski definition) is 1. The first-order valence-corrected chi connectivity index (χ1v) is 7.72. The molecular weight excluding hydrogens is 282 g/mol. The van der Waals surface area contributed by atoms with E-state index in [4.69, 9.17) is 14.2 Å². The van der Waals surface area contributed by atoms with Crippen LogP contribution in [0.15, 0.2) is 18.2 Å². The lowest BCUT2D eigenvalue weighted by atomic mass is 9.87. The Balaban J connectivity index is 1.95. The van der Waals surface area contributed by atoms with Gasteiger partial charge in [-0.2, -0.15) is 0 Å². The van der Waals surface area contributed by atoms with Crippen molar-refractivity contribution in [2.45, 2.75) is 26.3 Å². The molecule has 122 valence electrons. The summed E-state index contributed by atoms with van der Waals surface area (Å²) in [6.07, 6.45) is 1.91. The molecule has 0 radical (unpaired) electrons. The highest BCUT2D eigenvalue weighted by atomic mass is 16.5. The van der Waals surface area contributed by atoms with Gasteiger partial charge in [0.2, 0.25) is 5.91 Å². The molecular formula is C17H25NO4. The van der Waals surface area contributed by atoms with Gasteiger partial charge in [-0.25, -0.2) is 0 Å². The Morgan fingerprint density at radius 1 is 1.32 bits per heavy atom. The first-order chi connectivity index (χ1) is 10.7. The fraction of sp³-hybridized carbons (Fsp3) is 0.588. The third-order valence-electron chi connectivity index (χ3n) is 4.33. The SMILES string of the molecule is COc1ccc(OC)c(CNC(=O)C(C)C2CCOCC2)c1. The van der Waals surface area contributed by atoms with E-state index in [0.29, 0.717) is 12.5 Å². The number of nitrogens with one attached hydrogen (secondary N) is 1. The molecule has 0 saturated carbocycles. The van der Waals surface area contributed by atoms with Crippen molar-refractivity contribution >= 4 is 5.91 Å². The van der Waals surface area contributed by atoms with E-state index in [0.717, 1.165) is 43.1 Å². The van der Waals surface area contributed by atoms with Gasteiger partial charge in [-0.1, -0.05) is 6.92 Å². The molecule has 5 heteroatoms. The molecule has 22 heavy (non-hydrogen) atoms. The maximum absolute atomic E-state index is 12.3. The van der Waals surface area contributed by atoms with E-state index in [2.05, 4.69) is 5.32 Å². The number of amides is 1. The van der Waals surface area contributed by atoms with Crippen LogP contribution in [0.1, 0.15) is 25.3 Å². The Morgan fingerprint density at radius 3 is 2.68 bits per heavy atom. The quantitative estimate of drug-likeness (QED) is 0.876. The molecule has 1 N–H and O–H groups in total. The molecule has 0 spiro atoms. The lowest BCUT2D eigenvalue weighted by Crippen LogP contribution is -2.35. The zero-order valence-electron chi connectivity index (χ0n) is 13.6. The number of methoxy groups -OCH3 is 2. The molecule has 1 unspecified atom stereocenters. The number of ether oxygens (including phenoxy) is 3. The lowest BCUT2D eigenvalue weighted by Gasteiger charge is -2.27. The summed E-state index contributed by atoms with van der Waals surface area (Å²) >= 11 is 0. The van der Waals surface area contributed by atoms with E-state index in [-0.39, 0.29) is 11.8 Å². The van der Waals surface area contributed by atoms with Crippen molar-refractivity contribution < 1.29 is 19.0 Å². The molecule has 0 bridgehead atoms. The Kier molecular flexibility index (Phi) is 6.07. The molecule has 1 atom stereocenters. The predicted molar refractivity (Wildman–Crippen MR) is 84.1 cm³/mol. The van der Waals surface area contributed by atoms with Crippen LogP contribution in [0.25, 0.3) is 0 Å². The standard InChI is InChI=1S/C17H25NO4/c1-12(13-6-8-22-9-7-13)17(19)18-11-14-10-15(20-2)4-5-16(14)21-3/h4-5,10,12-13H,6-9,11H2,1-3H3,(H,18,19). The van der Waals surface area contributed by atoms with Gasteiger partial charge in [0.25, 0.3) is 0 Å². The van der Waals surface area contributed by atoms with Gasteiger partial charge in [0.05, 0.1) is 14.2 Å². The Labute approximate surface area is 131 Å². The van der Waals surface area contributed by atoms with Crippen LogP contribution in [0.5, 0.6) is 11.5 Å². The van der Waals surface area contributed by atoms with Gasteiger partial charge in [-0.15, -0.1) is 0 Å². The Bertz CT molecular complexity index is 497. The summed E-state index contributed by atoms with van der Waals surface area (Å²) < 4.78 is 15.9. The Morgan fingerprint density at radius 2 is 2.05 bits per heavy atom. The molecule has 1 aliphatic rings. The minimum Gasteiger partial charge on any atom is -0.497 e. The molecule has 0 aromatic heterocycles. The molecule has 5 nitrogen and oxygen atoms in total. The minimum absolute atomic E-state index is 0.000465. The van der Waals surface area contributed by atoms with Crippen molar-refractivity contribution in [3.05, 3.63) is 23.8 Å². The van der Waals surface area contributed by atoms with Crippen LogP contribution in [0, 0.1) is 11.8 Å². The van der Waals surface area contributed by atoms with E-state index in [1.54, 1.807) is 14.2 Å². The molecule has 1 saturated heterocycles. The summed E-state index contributed by atoms with van der Waals surface area (Å²) in [5.41, 5.74) is 0.911. The zero-order chi connectivity index (χ0) is 15.9. The molecule has 2 rings (SSSR count). The van der Waals surface area contributed by atoms with E-state index in [9.17, 15) is 4.79 Å². The van der Waals surface area contributed by atoms with E-state index >= 15 is 0 Å². The number of carbonyl (C=O) groups excluding carboxylic acids is 1.